The summed E-state index contributed by atoms with van der Waals surface area (Å²) >= 11 is 0. The lowest BCUT2D eigenvalue weighted by Gasteiger charge is -2.15. The number of nitrogens with zero attached hydrogens (tertiary/aromatic N) is 2. The SMILES string of the molecule is CCCNc1nc(C)cn1C1CCCC1. The van der Waals surface area contributed by atoms with Crippen LogP contribution in [-0.2, 0) is 0 Å². The van der Waals surface area contributed by atoms with Crippen LogP contribution in [0, 0.1) is 6.92 Å². The fourth-order valence-electron chi connectivity index (χ4n) is 2.34. The number of aromatic nitrogens is 2. The van der Waals surface area contributed by atoms with Crippen molar-refractivity contribution in [2.75, 3.05) is 11.9 Å². The van der Waals surface area contributed by atoms with Gasteiger partial charge in [-0.3, -0.25) is 0 Å². The van der Waals surface area contributed by atoms with Gasteiger partial charge in [-0.1, -0.05) is 19.8 Å². The molecule has 1 N–H and O–H groups in total. The van der Waals surface area contributed by atoms with Gasteiger partial charge in [-0.2, -0.15) is 0 Å². The summed E-state index contributed by atoms with van der Waals surface area (Å²) in [5, 5.41) is 3.41. The highest BCUT2D eigenvalue weighted by atomic mass is 15.2. The molecule has 1 aliphatic rings. The van der Waals surface area contributed by atoms with Crippen LogP contribution in [0.25, 0.3) is 0 Å². The largest absolute Gasteiger partial charge is 0.356 e. The van der Waals surface area contributed by atoms with Crippen molar-refractivity contribution in [2.45, 2.75) is 52.0 Å². The van der Waals surface area contributed by atoms with Crippen molar-refractivity contribution in [1.29, 1.82) is 0 Å². The summed E-state index contributed by atoms with van der Waals surface area (Å²) in [7, 11) is 0. The zero-order valence-corrected chi connectivity index (χ0v) is 9.79. The molecule has 3 nitrogen and oxygen atoms in total. The van der Waals surface area contributed by atoms with E-state index in [1.807, 2.05) is 0 Å². The van der Waals surface area contributed by atoms with Crippen molar-refractivity contribution in [2.24, 2.45) is 0 Å². The second kappa shape index (κ2) is 4.69. The molecule has 0 aromatic carbocycles. The molecule has 1 aliphatic carbocycles. The molecule has 1 fully saturated rings. The van der Waals surface area contributed by atoms with E-state index >= 15 is 0 Å². The summed E-state index contributed by atoms with van der Waals surface area (Å²) in [4.78, 5) is 4.54. The molecule has 0 atom stereocenters. The van der Waals surface area contributed by atoms with E-state index in [2.05, 4.69) is 34.9 Å². The number of rotatable bonds is 4. The zero-order chi connectivity index (χ0) is 10.7. The van der Waals surface area contributed by atoms with Crippen LogP contribution in [-0.4, -0.2) is 16.1 Å². The Kier molecular flexibility index (Phi) is 3.29. The monoisotopic (exact) mass is 207 g/mol. The molecule has 0 spiro atoms. The second-order valence-electron chi connectivity index (χ2n) is 4.48. The lowest BCUT2D eigenvalue weighted by atomic mass is 10.2. The molecule has 15 heavy (non-hydrogen) atoms. The number of anilines is 1. The fourth-order valence-corrected chi connectivity index (χ4v) is 2.34. The van der Waals surface area contributed by atoms with Crippen molar-refractivity contribution in [3.05, 3.63) is 11.9 Å². The molecule has 84 valence electrons. The number of nitrogens with one attached hydrogen (secondary N) is 1. The van der Waals surface area contributed by atoms with Crippen LogP contribution in [0.1, 0.15) is 50.8 Å². The maximum atomic E-state index is 4.54. The highest BCUT2D eigenvalue weighted by molar-refractivity contribution is 5.29. The Labute approximate surface area is 91.9 Å². The molecule has 2 rings (SSSR count). The van der Waals surface area contributed by atoms with Gasteiger partial charge in [0.1, 0.15) is 0 Å². The minimum Gasteiger partial charge on any atom is -0.356 e. The van der Waals surface area contributed by atoms with E-state index in [0.29, 0.717) is 6.04 Å². The zero-order valence-electron chi connectivity index (χ0n) is 9.79. The predicted molar refractivity (Wildman–Crippen MR) is 63.2 cm³/mol. The Morgan fingerprint density at radius 1 is 1.47 bits per heavy atom. The Morgan fingerprint density at radius 3 is 2.87 bits per heavy atom. The van der Waals surface area contributed by atoms with Gasteiger partial charge in [0.15, 0.2) is 0 Å². The summed E-state index contributed by atoms with van der Waals surface area (Å²) in [6, 6.07) is 0.686. The average molecular weight is 207 g/mol. The molecule has 1 heterocycles. The van der Waals surface area contributed by atoms with E-state index in [1.165, 1.54) is 25.7 Å². The fraction of sp³-hybridized carbons (Fsp3) is 0.750. The summed E-state index contributed by atoms with van der Waals surface area (Å²) in [5.74, 6) is 1.07. The molecule has 0 unspecified atom stereocenters. The van der Waals surface area contributed by atoms with Crippen LogP contribution in [0.5, 0.6) is 0 Å². The van der Waals surface area contributed by atoms with Crippen molar-refractivity contribution in [1.82, 2.24) is 9.55 Å². The van der Waals surface area contributed by atoms with Crippen LogP contribution >= 0.6 is 0 Å². The van der Waals surface area contributed by atoms with Gasteiger partial charge in [0.2, 0.25) is 5.95 Å². The maximum absolute atomic E-state index is 4.54. The Morgan fingerprint density at radius 2 is 2.20 bits per heavy atom. The van der Waals surface area contributed by atoms with Gasteiger partial charge in [0, 0.05) is 18.8 Å². The molecule has 0 radical (unpaired) electrons. The molecule has 0 saturated heterocycles. The first-order valence-corrected chi connectivity index (χ1v) is 6.10. The van der Waals surface area contributed by atoms with Crippen molar-refractivity contribution in [3.8, 4) is 0 Å². The first kappa shape index (κ1) is 10.5. The summed E-state index contributed by atoms with van der Waals surface area (Å²) in [5.41, 5.74) is 1.13. The molecule has 1 aromatic heterocycles. The maximum Gasteiger partial charge on any atom is 0.203 e. The smallest absolute Gasteiger partial charge is 0.203 e. The van der Waals surface area contributed by atoms with Crippen molar-refractivity contribution in [3.63, 3.8) is 0 Å². The summed E-state index contributed by atoms with van der Waals surface area (Å²) in [6.45, 7) is 5.27. The minimum atomic E-state index is 0.686. The summed E-state index contributed by atoms with van der Waals surface area (Å²) < 4.78 is 2.35. The number of hydrogen-bond donors (Lipinski definition) is 1. The molecule has 0 aliphatic heterocycles. The third kappa shape index (κ3) is 2.33. The lowest BCUT2D eigenvalue weighted by Crippen LogP contribution is -2.11. The van der Waals surface area contributed by atoms with Crippen LogP contribution < -0.4 is 5.32 Å². The second-order valence-corrected chi connectivity index (χ2v) is 4.48. The number of hydrogen-bond acceptors (Lipinski definition) is 2. The van der Waals surface area contributed by atoms with E-state index in [0.717, 1.165) is 24.6 Å². The highest BCUT2D eigenvalue weighted by Gasteiger charge is 2.19. The third-order valence-corrected chi connectivity index (χ3v) is 3.10. The van der Waals surface area contributed by atoms with Crippen LogP contribution in [0.15, 0.2) is 6.20 Å². The first-order chi connectivity index (χ1) is 7.31. The van der Waals surface area contributed by atoms with Crippen molar-refractivity contribution < 1.29 is 0 Å². The van der Waals surface area contributed by atoms with Gasteiger partial charge < -0.3 is 9.88 Å². The molecule has 0 amide bonds. The van der Waals surface area contributed by atoms with Crippen molar-refractivity contribution >= 4 is 5.95 Å². The number of imidazole rings is 1. The Balaban J connectivity index is 2.13. The van der Waals surface area contributed by atoms with Gasteiger partial charge in [-0.15, -0.1) is 0 Å². The van der Waals surface area contributed by atoms with Crippen LogP contribution in [0.2, 0.25) is 0 Å². The van der Waals surface area contributed by atoms with Gasteiger partial charge in [-0.05, 0) is 26.2 Å². The molecule has 3 heteroatoms. The topological polar surface area (TPSA) is 29.9 Å². The molecule has 0 bridgehead atoms. The predicted octanol–water partition coefficient (Wildman–Crippen LogP) is 3.13. The minimum absolute atomic E-state index is 0.686. The Hall–Kier alpha value is -0.990. The standard InChI is InChI=1S/C12H21N3/c1-3-8-13-12-14-10(2)9-15(12)11-6-4-5-7-11/h9,11H,3-8H2,1-2H3,(H,13,14). The van der Waals surface area contributed by atoms with E-state index in [1.54, 1.807) is 0 Å². The molecular formula is C12H21N3. The normalized spacial score (nSPS) is 17.2. The van der Waals surface area contributed by atoms with Gasteiger partial charge in [-0.25, -0.2) is 4.98 Å². The van der Waals surface area contributed by atoms with E-state index in [-0.39, 0.29) is 0 Å². The van der Waals surface area contributed by atoms with E-state index < -0.39 is 0 Å². The van der Waals surface area contributed by atoms with Gasteiger partial charge in [0.25, 0.3) is 0 Å². The molecular weight excluding hydrogens is 186 g/mol. The number of aryl methyl sites for hydroxylation is 1. The van der Waals surface area contributed by atoms with Crippen LogP contribution in [0.4, 0.5) is 5.95 Å². The third-order valence-electron chi connectivity index (χ3n) is 3.10. The van der Waals surface area contributed by atoms with E-state index in [9.17, 15) is 0 Å². The summed E-state index contributed by atoms with van der Waals surface area (Å²) in [6.07, 6.45) is 8.71. The molecule has 1 saturated carbocycles. The van der Waals surface area contributed by atoms with Crippen LogP contribution in [0.3, 0.4) is 0 Å². The van der Waals surface area contributed by atoms with Gasteiger partial charge >= 0.3 is 0 Å². The molecule has 1 aromatic rings. The highest BCUT2D eigenvalue weighted by Crippen LogP contribution is 2.31. The Bertz CT molecular complexity index is 311. The first-order valence-electron chi connectivity index (χ1n) is 6.10. The quantitative estimate of drug-likeness (QED) is 0.822. The lowest BCUT2D eigenvalue weighted by molar-refractivity contribution is 0.522. The van der Waals surface area contributed by atoms with E-state index in [4.69, 9.17) is 0 Å². The average Bonchev–Trinajstić information content (AvgIpc) is 2.83. The van der Waals surface area contributed by atoms with Gasteiger partial charge in [0.05, 0.1) is 5.69 Å².